The molecule has 0 aromatic carbocycles. The Hall–Kier alpha value is -2.21. The quantitative estimate of drug-likeness (QED) is 0.520. The van der Waals surface area contributed by atoms with Crippen LogP contribution < -0.4 is 5.32 Å². The van der Waals surface area contributed by atoms with Crippen LogP contribution in [0.25, 0.3) is 10.6 Å². The van der Waals surface area contributed by atoms with Crippen molar-refractivity contribution in [2.24, 2.45) is 5.92 Å². The first-order valence-electron chi connectivity index (χ1n) is 9.47. The van der Waals surface area contributed by atoms with E-state index in [0.717, 1.165) is 40.6 Å². The van der Waals surface area contributed by atoms with Crippen molar-refractivity contribution in [1.29, 1.82) is 5.26 Å². The van der Waals surface area contributed by atoms with Crippen molar-refractivity contribution in [3.63, 3.8) is 0 Å². The van der Waals surface area contributed by atoms with Gasteiger partial charge in [0, 0.05) is 23.2 Å². The van der Waals surface area contributed by atoms with Crippen LogP contribution in [0.2, 0.25) is 0 Å². The maximum atomic E-state index is 12.3. The number of thiazole rings is 1. The molecule has 0 bridgehead atoms. The number of anilines is 1. The van der Waals surface area contributed by atoms with Crippen LogP contribution in [0.3, 0.4) is 0 Å². The molecule has 29 heavy (non-hydrogen) atoms. The number of fused-ring (bicyclic) bond motifs is 1. The lowest BCUT2D eigenvalue weighted by atomic mass is 9.87. The summed E-state index contributed by atoms with van der Waals surface area (Å²) < 4.78 is 0. The van der Waals surface area contributed by atoms with Crippen LogP contribution >= 0.6 is 34.4 Å². The summed E-state index contributed by atoms with van der Waals surface area (Å²) in [6.07, 6.45) is 3.44. The number of carbonyl (C=O) groups excluding carboxylic acids is 1. The van der Waals surface area contributed by atoms with E-state index in [2.05, 4.69) is 23.3 Å². The number of aryl methyl sites for hydroxylation is 1. The SMILES string of the molecule is CC1CCc2nc(SCCC(=O)Nc3nc(-c4cccs4)cs3)c(C#N)cc2C1. The fourth-order valence-electron chi connectivity index (χ4n) is 3.31. The zero-order valence-corrected chi connectivity index (χ0v) is 18.4. The van der Waals surface area contributed by atoms with Crippen molar-refractivity contribution in [3.05, 3.63) is 45.8 Å². The highest BCUT2D eigenvalue weighted by Crippen LogP contribution is 2.30. The van der Waals surface area contributed by atoms with Crippen molar-refractivity contribution in [2.75, 3.05) is 11.1 Å². The molecule has 1 aliphatic rings. The molecule has 1 N–H and O–H groups in total. The number of aromatic nitrogens is 2. The van der Waals surface area contributed by atoms with Crippen LogP contribution in [-0.4, -0.2) is 21.6 Å². The van der Waals surface area contributed by atoms with E-state index < -0.39 is 0 Å². The number of amides is 1. The number of thiophene rings is 1. The lowest BCUT2D eigenvalue weighted by Crippen LogP contribution is -2.14. The van der Waals surface area contributed by atoms with Gasteiger partial charge in [0.1, 0.15) is 11.1 Å². The van der Waals surface area contributed by atoms with Crippen molar-refractivity contribution >= 4 is 45.5 Å². The summed E-state index contributed by atoms with van der Waals surface area (Å²) in [7, 11) is 0. The third-order valence-corrected chi connectivity index (χ3v) is 7.45. The second-order valence-corrected chi connectivity index (χ2v) is 9.96. The predicted molar refractivity (Wildman–Crippen MR) is 120 cm³/mol. The highest BCUT2D eigenvalue weighted by Gasteiger charge is 2.19. The third kappa shape index (κ3) is 4.86. The number of nitrogens with zero attached hydrogens (tertiary/aromatic N) is 3. The van der Waals surface area contributed by atoms with E-state index in [4.69, 9.17) is 4.98 Å². The van der Waals surface area contributed by atoms with Gasteiger partial charge in [-0.25, -0.2) is 9.97 Å². The number of thioether (sulfide) groups is 1. The van der Waals surface area contributed by atoms with Crippen molar-refractivity contribution in [1.82, 2.24) is 9.97 Å². The molecule has 0 fully saturated rings. The predicted octanol–water partition coefficient (Wildman–Crippen LogP) is 5.38. The number of nitrogens with one attached hydrogen (secondary N) is 1. The molecule has 4 rings (SSSR count). The summed E-state index contributed by atoms with van der Waals surface area (Å²) in [6, 6.07) is 8.25. The van der Waals surface area contributed by atoms with Gasteiger partial charge in [-0.2, -0.15) is 5.26 Å². The number of carbonyl (C=O) groups is 1. The average Bonchev–Trinajstić information content (AvgIpc) is 3.39. The standard InChI is InChI=1S/C21H20N4OS3/c1-13-4-5-16-14(9-13)10-15(11-22)20(23-16)28-8-6-19(26)25-21-24-17(12-29-21)18-3-2-7-27-18/h2-3,7,10,12-13H,4-6,8-9H2,1H3,(H,24,25,26). The molecule has 3 aromatic rings. The topological polar surface area (TPSA) is 78.7 Å². The monoisotopic (exact) mass is 440 g/mol. The Labute approximate surface area is 182 Å². The average molecular weight is 441 g/mol. The van der Waals surface area contributed by atoms with E-state index in [1.165, 1.54) is 28.7 Å². The molecule has 0 saturated heterocycles. The molecule has 1 unspecified atom stereocenters. The van der Waals surface area contributed by atoms with E-state index in [0.29, 0.717) is 28.8 Å². The lowest BCUT2D eigenvalue weighted by molar-refractivity contribution is -0.115. The molecule has 0 radical (unpaired) electrons. The molecule has 0 saturated carbocycles. The number of nitriles is 1. The first-order valence-corrected chi connectivity index (χ1v) is 12.2. The summed E-state index contributed by atoms with van der Waals surface area (Å²) in [5, 5.41) is 17.7. The van der Waals surface area contributed by atoms with Gasteiger partial charge in [0.25, 0.3) is 0 Å². The molecule has 5 nitrogen and oxygen atoms in total. The molecule has 3 heterocycles. The van der Waals surface area contributed by atoms with Gasteiger partial charge in [-0.1, -0.05) is 13.0 Å². The van der Waals surface area contributed by atoms with Gasteiger partial charge in [0.2, 0.25) is 5.91 Å². The Kier molecular flexibility index (Phi) is 6.28. The molecule has 0 spiro atoms. The van der Waals surface area contributed by atoms with E-state index in [1.54, 1.807) is 11.3 Å². The minimum atomic E-state index is -0.0742. The highest BCUT2D eigenvalue weighted by molar-refractivity contribution is 7.99. The zero-order chi connectivity index (χ0) is 20.2. The molecule has 1 amide bonds. The van der Waals surface area contributed by atoms with E-state index in [1.807, 2.05) is 29.0 Å². The van der Waals surface area contributed by atoms with Crippen LogP contribution in [0, 0.1) is 17.2 Å². The highest BCUT2D eigenvalue weighted by atomic mass is 32.2. The molecular weight excluding hydrogens is 420 g/mol. The summed E-state index contributed by atoms with van der Waals surface area (Å²) in [5.74, 6) is 1.14. The van der Waals surface area contributed by atoms with Gasteiger partial charge in [-0.15, -0.1) is 34.4 Å². The lowest BCUT2D eigenvalue weighted by Gasteiger charge is -2.21. The normalized spacial score (nSPS) is 15.5. The van der Waals surface area contributed by atoms with Crippen LogP contribution in [0.1, 0.15) is 36.6 Å². The maximum Gasteiger partial charge on any atom is 0.226 e. The van der Waals surface area contributed by atoms with Crippen LogP contribution in [0.5, 0.6) is 0 Å². The second kappa shape index (κ2) is 9.08. The summed E-state index contributed by atoms with van der Waals surface area (Å²) in [6.45, 7) is 2.24. The number of pyridine rings is 1. The Morgan fingerprint density at radius 1 is 1.41 bits per heavy atom. The Balaban J connectivity index is 1.33. The fourth-order valence-corrected chi connectivity index (χ4v) is 5.71. The van der Waals surface area contributed by atoms with Gasteiger partial charge >= 0.3 is 0 Å². The van der Waals surface area contributed by atoms with Crippen LogP contribution in [-0.2, 0) is 17.6 Å². The Morgan fingerprint density at radius 3 is 3.10 bits per heavy atom. The first kappa shape index (κ1) is 20.1. The van der Waals surface area contributed by atoms with Gasteiger partial charge in [-0.3, -0.25) is 4.79 Å². The molecule has 8 heteroatoms. The molecule has 1 atom stereocenters. The third-order valence-electron chi connectivity index (χ3n) is 4.81. The maximum absolute atomic E-state index is 12.3. The van der Waals surface area contributed by atoms with Crippen LogP contribution in [0.4, 0.5) is 5.13 Å². The van der Waals surface area contributed by atoms with E-state index in [-0.39, 0.29) is 5.91 Å². The Bertz CT molecular complexity index is 1050. The van der Waals surface area contributed by atoms with E-state index >= 15 is 0 Å². The van der Waals surface area contributed by atoms with Gasteiger partial charge in [0.15, 0.2) is 5.13 Å². The summed E-state index contributed by atoms with van der Waals surface area (Å²) in [4.78, 5) is 22.6. The first-order chi connectivity index (χ1) is 14.1. The van der Waals surface area contributed by atoms with Gasteiger partial charge in [0.05, 0.1) is 16.1 Å². The van der Waals surface area contributed by atoms with Crippen LogP contribution in [0.15, 0.2) is 34.0 Å². The van der Waals surface area contributed by atoms with Crippen molar-refractivity contribution < 1.29 is 4.79 Å². The summed E-state index contributed by atoms with van der Waals surface area (Å²) >= 11 is 4.53. The molecule has 1 aliphatic carbocycles. The number of rotatable bonds is 6. The molecular formula is C21H20N4OS3. The number of hydrogen-bond acceptors (Lipinski definition) is 7. The zero-order valence-electron chi connectivity index (χ0n) is 16.0. The Morgan fingerprint density at radius 2 is 2.31 bits per heavy atom. The second-order valence-electron chi connectivity index (χ2n) is 7.07. The molecule has 3 aromatic heterocycles. The molecule has 0 aliphatic heterocycles. The molecule has 148 valence electrons. The van der Waals surface area contributed by atoms with Gasteiger partial charge < -0.3 is 5.32 Å². The number of hydrogen-bond donors (Lipinski definition) is 1. The van der Waals surface area contributed by atoms with E-state index in [9.17, 15) is 10.1 Å². The van der Waals surface area contributed by atoms with Gasteiger partial charge in [-0.05, 0) is 48.3 Å². The smallest absolute Gasteiger partial charge is 0.226 e. The van der Waals surface area contributed by atoms with Crippen molar-refractivity contribution in [2.45, 2.75) is 37.6 Å². The minimum Gasteiger partial charge on any atom is -0.302 e. The minimum absolute atomic E-state index is 0.0742. The largest absolute Gasteiger partial charge is 0.302 e. The van der Waals surface area contributed by atoms with Crippen molar-refractivity contribution in [3.8, 4) is 16.6 Å². The summed E-state index contributed by atoms with van der Waals surface area (Å²) in [5.41, 5.74) is 3.82. The fraction of sp³-hybridized carbons (Fsp3) is 0.333.